The van der Waals surface area contributed by atoms with E-state index in [1.54, 1.807) is 0 Å². The minimum absolute atomic E-state index is 0.0567. The van der Waals surface area contributed by atoms with E-state index >= 15 is 0 Å². The summed E-state index contributed by atoms with van der Waals surface area (Å²) in [6, 6.07) is 7.80. The summed E-state index contributed by atoms with van der Waals surface area (Å²) in [5.74, 6) is -0.319. The van der Waals surface area contributed by atoms with Crippen LogP contribution in [0.25, 0.3) is 0 Å². The van der Waals surface area contributed by atoms with Crippen molar-refractivity contribution in [3.8, 4) is 0 Å². The van der Waals surface area contributed by atoms with Gasteiger partial charge in [-0.3, -0.25) is 9.32 Å². The maximum absolute atomic E-state index is 12.5. The number of hydrogen-bond donors (Lipinski definition) is 6. The lowest BCUT2D eigenvalue weighted by Crippen LogP contribution is -2.43. The minimum Gasteiger partial charge on any atom is -0.390 e. The molecule has 6 N–H and O–H groups in total. The van der Waals surface area contributed by atoms with Gasteiger partial charge in [-0.25, -0.2) is 13.7 Å². The lowest BCUT2D eigenvalue weighted by molar-refractivity contribution is -0.119. The summed E-state index contributed by atoms with van der Waals surface area (Å²) in [5.41, 5.74) is 2.20. The average molecular weight is 642 g/mol. The number of benzene rings is 1. The zero-order valence-corrected chi connectivity index (χ0v) is 25.0. The van der Waals surface area contributed by atoms with Crippen molar-refractivity contribution >= 4 is 29.4 Å². The number of carbonyl (C=O) groups excluding carboxylic acids is 1. The molecule has 0 radical (unpaired) electrons. The maximum Gasteiger partial charge on any atom is 0.490 e. The fraction of sp³-hybridized carbons (Fsp3) is 0.500. The van der Waals surface area contributed by atoms with Crippen molar-refractivity contribution < 1.29 is 65.8 Å². The highest BCUT2D eigenvalue weighted by Gasteiger charge is 2.44. The number of carbonyl (C=O) groups is 1. The van der Waals surface area contributed by atoms with Crippen molar-refractivity contribution in [2.45, 2.75) is 57.6 Å². The number of ether oxygens (including phenoxy) is 2. The minimum atomic E-state index is -5.69. The Morgan fingerprint density at radius 3 is 2.37 bits per heavy atom. The first-order valence-corrected chi connectivity index (χ1v) is 16.6. The van der Waals surface area contributed by atoms with E-state index < -0.39 is 54.4 Å². The molecule has 1 aromatic rings. The van der Waals surface area contributed by atoms with Crippen LogP contribution in [-0.2, 0) is 53.1 Å². The number of amides is 1. The predicted molar refractivity (Wildman–Crippen MR) is 141 cm³/mol. The number of phosphoric acid groups is 3. The second kappa shape index (κ2) is 12.9. The summed E-state index contributed by atoms with van der Waals surface area (Å²) < 4.78 is 57.6. The van der Waals surface area contributed by atoms with Gasteiger partial charge in [0.05, 0.1) is 31.5 Å². The third-order valence-corrected chi connectivity index (χ3v) is 9.63. The number of aliphatic hydroxyl groups is 1. The van der Waals surface area contributed by atoms with Crippen molar-refractivity contribution in [3.63, 3.8) is 0 Å². The number of hydrogen-bond acceptors (Lipinski definition) is 11. The van der Waals surface area contributed by atoms with Crippen LogP contribution < -0.4 is 5.32 Å². The van der Waals surface area contributed by atoms with Crippen LogP contribution in [0.5, 0.6) is 0 Å². The van der Waals surface area contributed by atoms with Gasteiger partial charge >= 0.3 is 23.5 Å². The van der Waals surface area contributed by atoms with E-state index in [9.17, 15) is 33.4 Å². The third-order valence-electron chi connectivity index (χ3n) is 5.83. The smallest absolute Gasteiger partial charge is 0.390 e. The average Bonchev–Trinajstić information content (AvgIpc) is 3.16. The van der Waals surface area contributed by atoms with Crippen molar-refractivity contribution in [3.05, 3.63) is 59.6 Å². The molecule has 2 aliphatic rings. The van der Waals surface area contributed by atoms with Gasteiger partial charge in [-0.1, -0.05) is 51.6 Å². The van der Waals surface area contributed by atoms with Crippen LogP contribution in [0.4, 0.5) is 0 Å². The molecule has 19 heteroatoms. The molecular formula is C22H33N2O14P3. The number of phosphoric ester groups is 1. The molecular weight excluding hydrogens is 609 g/mol. The van der Waals surface area contributed by atoms with Gasteiger partial charge in [-0.15, -0.1) is 0 Å². The van der Waals surface area contributed by atoms with Gasteiger partial charge in [0, 0.05) is 12.6 Å². The lowest BCUT2D eigenvalue weighted by atomic mass is 9.84. The second-order valence-electron chi connectivity index (χ2n) is 10.2. The molecule has 1 saturated heterocycles. The van der Waals surface area contributed by atoms with Crippen LogP contribution in [0.3, 0.4) is 0 Å². The Hall–Kier alpha value is -1.74. The number of nitrogens with one attached hydrogen (secondary N) is 1. The molecule has 41 heavy (non-hydrogen) atoms. The van der Waals surface area contributed by atoms with E-state index in [0.717, 1.165) is 11.1 Å². The first-order valence-electron chi connectivity index (χ1n) is 12.0. The van der Waals surface area contributed by atoms with Crippen LogP contribution in [0.15, 0.2) is 48.4 Å². The summed E-state index contributed by atoms with van der Waals surface area (Å²) in [7, 11) is -16.6. The normalized spacial score (nSPS) is 24.9. The predicted octanol–water partition coefficient (Wildman–Crippen LogP) is 2.11. The molecule has 2 heterocycles. The highest BCUT2D eigenvalue weighted by molar-refractivity contribution is 7.66. The molecule has 230 valence electrons. The second-order valence-corrected chi connectivity index (χ2v) is 14.6. The van der Waals surface area contributed by atoms with Crippen LogP contribution in [0.2, 0.25) is 0 Å². The van der Waals surface area contributed by atoms with Gasteiger partial charge in [0.2, 0.25) is 0 Å². The Morgan fingerprint density at radius 2 is 1.73 bits per heavy atom. The fourth-order valence-electron chi connectivity index (χ4n) is 4.10. The SMILES string of the molecule is C=C1NC(=O)C(COCc2ccccc2C(C)(C)C)=CN1[C@H]1CC(O)[C@@H](COP(=O)(O)OP(=O)(O)OP(=O)(O)O)O1. The molecule has 1 amide bonds. The van der Waals surface area contributed by atoms with Gasteiger partial charge < -0.3 is 44.4 Å². The highest BCUT2D eigenvalue weighted by Crippen LogP contribution is 2.66. The highest BCUT2D eigenvalue weighted by atomic mass is 31.3. The van der Waals surface area contributed by atoms with Crippen molar-refractivity contribution in [2.75, 3.05) is 13.2 Å². The monoisotopic (exact) mass is 642 g/mol. The van der Waals surface area contributed by atoms with E-state index in [2.05, 4.69) is 45.8 Å². The largest absolute Gasteiger partial charge is 0.490 e. The van der Waals surface area contributed by atoms with E-state index in [1.807, 2.05) is 24.3 Å². The van der Waals surface area contributed by atoms with Gasteiger partial charge in [-0.2, -0.15) is 8.62 Å². The van der Waals surface area contributed by atoms with Crippen molar-refractivity contribution in [1.29, 1.82) is 0 Å². The summed E-state index contributed by atoms with van der Waals surface area (Å²) in [6.45, 7) is 9.38. The molecule has 16 nitrogen and oxygen atoms in total. The molecule has 0 saturated carbocycles. The fourth-order valence-corrected chi connectivity index (χ4v) is 7.13. The third kappa shape index (κ3) is 9.91. The van der Waals surface area contributed by atoms with Gasteiger partial charge in [0.25, 0.3) is 5.91 Å². The Kier molecular flexibility index (Phi) is 10.6. The molecule has 3 rings (SSSR count). The molecule has 1 aromatic carbocycles. The molecule has 0 bridgehead atoms. The Morgan fingerprint density at radius 1 is 1.07 bits per heavy atom. The van der Waals surface area contributed by atoms with Crippen LogP contribution in [0.1, 0.15) is 38.3 Å². The molecule has 5 atom stereocenters. The van der Waals surface area contributed by atoms with E-state index in [1.165, 1.54) is 11.1 Å². The molecule has 0 aliphatic carbocycles. The number of aliphatic hydroxyl groups excluding tert-OH is 1. The van der Waals surface area contributed by atoms with Crippen molar-refractivity contribution in [1.82, 2.24) is 10.2 Å². The first kappa shape index (κ1) is 33.8. The maximum atomic E-state index is 12.5. The van der Waals surface area contributed by atoms with Gasteiger partial charge in [-0.05, 0) is 16.5 Å². The lowest BCUT2D eigenvalue weighted by Gasteiger charge is -2.33. The number of rotatable bonds is 12. The zero-order chi connectivity index (χ0) is 30.8. The van der Waals surface area contributed by atoms with Gasteiger partial charge in [0.15, 0.2) is 0 Å². The quantitative estimate of drug-likeness (QED) is 0.179. The summed E-state index contributed by atoms with van der Waals surface area (Å²) in [5, 5.41) is 13.0. The van der Waals surface area contributed by atoms with E-state index in [-0.39, 0.29) is 36.4 Å². The Labute approximate surface area is 236 Å². The van der Waals surface area contributed by atoms with Crippen LogP contribution in [-0.4, -0.2) is 67.1 Å². The molecule has 1 fully saturated rings. The topological polar surface area (TPSA) is 231 Å². The molecule has 0 aromatic heterocycles. The number of nitrogens with zero attached hydrogens (tertiary/aromatic N) is 1. The van der Waals surface area contributed by atoms with Crippen LogP contribution >= 0.6 is 23.5 Å². The Balaban J connectivity index is 1.61. The molecule has 0 spiro atoms. The van der Waals surface area contributed by atoms with E-state index in [0.29, 0.717) is 0 Å². The van der Waals surface area contributed by atoms with E-state index in [4.69, 9.17) is 19.3 Å². The zero-order valence-electron chi connectivity index (χ0n) is 22.4. The van der Waals surface area contributed by atoms with Crippen LogP contribution in [0, 0.1) is 0 Å². The summed E-state index contributed by atoms with van der Waals surface area (Å²) in [6.07, 6.45) is -2.05. The summed E-state index contributed by atoms with van der Waals surface area (Å²) >= 11 is 0. The Bertz CT molecular complexity index is 1320. The standard InChI is InChI=1S/C22H33N2O14P3/c1-14-23-21(26)16(12-34-11-15-7-5-6-8-17(15)22(2,3)4)10-24(14)20-9-18(25)19(36-20)13-35-40(30,31)38-41(32,33)37-39(27,28)29/h5-8,10,18-20,25H,1,9,11-13H2,2-4H3,(H,23,26)(H,30,31)(H,32,33)(H2,27,28,29)/t18?,19-,20-/m1/s1. The first-order chi connectivity index (χ1) is 18.8. The summed E-state index contributed by atoms with van der Waals surface area (Å²) in [4.78, 5) is 50.1. The van der Waals surface area contributed by atoms with Crippen molar-refractivity contribution in [2.24, 2.45) is 0 Å². The molecule has 3 unspecified atom stereocenters. The van der Waals surface area contributed by atoms with Gasteiger partial charge in [0.1, 0.15) is 18.2 Å². The molecule has 2 aliphatic heterocycles.